The molecule has 4 rings (SSSR count). The normalized spacial score (nSPS) is 10.7. The van der Waals surface area contributed by atoms with Crippen molar-refractivity contribution in [3.63, 3.8) is 0 Å². The fraction of sp³-hybridized carbons (Fsp3) is 0.148. The number of rotatable bonds is 11. The van der Waals surface area contributed by atoms with Crippen LogP contribution < -0.4 is 25.0 Å². The molecule has 2 amide bonds. The van der Waals surface area contributed by atoms with Gasteiger partial charge in [-0.3, -0.25) is 14.9 Å². The highest BCUT2D eigenvalue weighted by Crippen LogP contribution is 2.34. The molecule has 0 atom stereocenters. The van der Waals surface area contributed by atoms with Gasteiger partial charge >= 0.3 is 0 Å². The number of methoxy groups -OCH3 is 2. The monoisotopic (exact) mass is 657 g/mol. The summed E-state index contributed by atoms with van der Waals surface area (Å²) in [6.45, 7) is 0.412. The summed E-state index contributed by atoms with van der Waals surface area (Å²) in [6.07, 6.45) is 1.48. The van der Waals surface area contributed by atoms with Gasteiger partial charge in [0.2, 0.25) is 11.0 Å². The molecule has 0 radical (unpaired) electrons. The van der Waals surface area contributed by atoms with Crippen LogP contribution in [0.3, 0.4) is 0 Å². The fourth-order valence-electron chi connectivity index (χ4n) is 3.33. The van der Waals surface area contributed by atoms with Gasteiger partial charge in [-0.1, -0.05) is 41.7 Å². The lowest BCUT2D eigenvalue weighted by Gasteiger charge is -2.13. The Labute approximate surface area is 242 Å². The predicted octanol–water partition coefficient (Wildman–Crippen LogP) is 4.68. The van der Waals surface area contributed by atoms with E-state index in [-0.39, 0.29) is 18.2 Å². The van der Waals surface area contributed by atoms with Crippen molar-refractivity contribution in [3.8, 4) is 17.2 Å². The molecule has 3 aromatic carbocycles. The van der Waals surface area contributed by atoms with E-state index in [1.807, 2.05) is 36.4 Å². The molecule has 0 spiro atoms. The molecule has 2 N–H and O–H groups in total. The molecule has 0 aliphatic rings. The lowest BCUT2D eigenvalue weighted by Crippen LogP contribution is -2.19. The van der Waals surface area contributed by atoms with E-state index < -0.39 is 0 Å². The lowest BCUT2D eigenvalue weighted by molar-refractivity contribution is -0.120. The molecule has 0 aliphatic carbocycles. The number of anilines is 1. The number of carbonyl (C=O) groups is 2. The van der Waals surface area contributed by atoms with Gasteiger partial charge in [0, 0.05) is 5.56 Å². The molecular weight excluding hydrogens is 633 g/mol. The van der Waals surface area contributed by atoms with Crippen molar-refractivity contribution in [1.82, 2.24) is 15.6 Å². The summed E-state index contributed by atoms with van der Waals surface area (Å²) in [6, 6.07) is 20.2. The Morgan fingerprint density at radius 2 is 1.79 bits per heavy atom. The van der Waals surface area contributed by atoms with Crippen LogP contribution in [0.4, 0.5) is 5.13 Å². The number of benzene rings is 3. The molecule has 0 bridgehead atoms. The van der Waals surface area contributed by atoms with Gasteiger partial charge in [0.05, 0.1) is 30.4 Å². The van der Waals surface area contributed by atoms with Gasteiger partial charge < -0.3 is 14.2 Å². The first kappa shape index (κ1) is 28.0. The second kappa shape index (κ2) is 13.7. The van der Waals surface area contributed by atoms with Crippen LogP contribution in [-0.2, 0) is 17.8 Å². The molecule has 10 nitrogen and oxygen atoms in total. The second-order valence-electron chi connectivity index (χ2n) is 7.96. The Kier molecular flexibility index (Phi) is 9.80. The quantitative estimate of drug-likeness (QED) is 0.136. The van der Waals surface area contributed by atoms with Crippen LogP contribution in [0.2, 0.25) is 0 Å². The number of hydrogen-bond acceptors (Lipinski definition) is 9. The van der Waals surface area contributed by atoms with Gasteiger partial charge in [-0.15, -0.1) is 10.2 Å². The van der Waals surface area contributed by atoms with Crippen molar-refractivity contribution < 1.29 is 23.8 Å². The van der Waals surface area contributed by atoms with E-state index in [1.54, 1.807) is 44.6 Å². The van der Waals surface area contributed by atoms with Crippen molar-refractivity contribution in [2.24, 2.45) is 5.10 Å². The first-order valence-electron chi connectivity index (χ1n) is 11.6. The van der Waals surface area contributed by atoms with Crippen LogP contribution in [0.15, 0.2) is 71.8 Å². The number of ether oxygens (including phenoxy) is 3. The lowest BCUT2D eigenvalue weighted by atomic mass is 10.2. The molecule has 0 saturated heterocycles. The Morgan fingerprint density at radius 1 is 1.03 bits per heavy atom. The number of nitrogens with zero attached hydrogens (tertiary/aromatic N) is 3. The number of halogens is 1. The van der Waals surface area contributed by atoms with Gasteiger partial charge in [-0.25, -0.2) is 5.43 Å². The van der Waals surface area contributed by atoms with E-state index in [2.05, 4.69) is 48.6 Å². The average Bonchev–Trinajstić information content (AvgIpc) is 3.39. The molecule has 200 valence electrons. The van der Waals surface area contributed by atoms with Crippen molar-refractivity contribution in [2.45, 2.75) is 13.0 Å². The summed E-state index contributed by atoms with van der Waals surface area (Å²) in [7, 11) is 3.12. The maximum atomic E-state index is 12.4. The summed E-state index contributed by atoms with van der Waals surface area (Å²) in [5, 5.41) is 15.3. The Balaban J connectivity index is 1.30. The molecule has 0 unspecified atom stereocenters. The third-order valence-corrected chi connectivity index (χ3v) is 6.87. The SMILES string of the molecule is COc1ccc(C(=O)Nc2nnc(CC(=O)N/N=C\c3cc(I)c(OCc4ccccc4)c(OC)c3)s2)cc1. The number of hydrogen-bond donors (Lipinski definition) is 2. The van der Waals surface area contributed by atoms with Crippen LogP contribution in [-0.4, -0.2) is 42.4 Å². The van der Waals surface area contributed by atoms with Crippen molar-refractivity contribution >= 4 is 57.1 Å². The maximum Gasteiger partial charge on any atom is 0.257 e. The number of aromatic nitrogens is 2. The van der Waals surface area contributed by atoms with Gasteiger partial charge in [0.25, 0.3) is 5.91 Å². The first-order chi connectivity index (χ1) is 18.9. The molecule has 0 saturated carbocycles. The zero-order valence-corrected chi connectivity index (χ0v) is 24.0. The van der Waals surface area contributed by atoms with Crippen LogP contribution in [0, 0.1) is 3.57 Å². The second-order valence-corrected chi connectivity index (χ2v) is 10.2. The highest BCUT2D eigenvalue weighted by atomic mass is 127. The number of amides is 2. The Morgan fingerprint density at radius 3 is 2.51 bits per heavy atom. The molecule has 0 aliphatic heterocycles. The first-order valence-corrected chi connectivity index (χ1v) is 13.5. The minimum Gasteiger partial charge on any atom is -0.497 e. The number of carbonyl (C=O) groups excluding carboxylic acids is 2. The standard InChI is InChI=1S/C27H24IN5O5S/c1-36-20-10-8-19(9-11-20)26(35)30-27-33-32-24(39-27)14-23(34)31-29-15-18-12-21(28)25(22(13-18)37-2)38-16-17-6-4-3-5-7-17/h3-13,15H,14,16H2,1-2H3,(H,31,34)(H,30,33,35)/b29-15-. The van der Waals surface area contributed by atoms with E-state index >= 15 is 0 Å². The maximum absolute atomic E-state index is 12.4. The molecule has 39 heavy (non-hydrogen) atoms. The topological polar surface area (TPSA) is 124 Å². The third kappa shape index (κ3) is 7.97. The zero-order chi connectivity index (χ0) is 27.6. The smallest absolute Gasteiger partial charge is 0.257 e. The van der Waals surface area contributed by atoms with E-state index in [0.717, 1.165) is 26.0 Å². The van der Waals surface area contributed by atoms with E-state index in [1.165, 1.54) is 6.21 Å². The summed E-state index contributed by atoms with van der Waals surface area (Å²) in [4.78, 5) is 24.7. The van der Waals surface area contributed by atoms with E-state index in [0.29, 0.717) is 39.6 Å². The Bertz CT molecular complexity index is 1460. The third-order valence-electron chi connectivity index (χ3n) is 5.23. The minimum atomic E-state index is -0.375. The molecule has 1 heterocycles. The predicted molar refractivity (Wildman–Crippen MR) is 157 cm³/mol. The highest BCUT2D eigenvalue weighted by molar-refractivity contribution is 14.1. The Hall–Kier alpha value is -4.04. The number of hydrazone groups is 1. The largest absolute Gasteiger partial charge is 0.497 e. The molecule has 0 fully saturated rings. The van der Waals surface area contributed by atoms with Gasteiger partial charge in [-0.05, 0) is 70.1 Å². The number of nitrogens with one attached hydrogen (secondary N) is 2. The minimum absolute atomic E-state index is 0.0411. The zero-order valence-electron chi connectivity index (χ0n) is 21.0. The molecule has 4 aromatic rings. The average molecular weight is 657 g/mol. The van der Waals surface area contributed by atoms with Crippen LogP contribution in [0.5, 0.6) is 17.2 Å². The van der Waals surface area contributed by atoms with Crippen LogP contribution in [0.1, 0.15) is 26.5 Å². The summed E-state index contributed by atoms with van der Waals surface area (Å²) in [5.41, 5.74) is 4.70. The summed E-state index contributed by atoms with van der Waals surface area (Å²) in [5.74, 6) is 1.13. The summed E-state index contributed by atoms with van der Waals surface area (Å²) < 4.78 is 17.4. The van der Waals surface area contributed by atoms with E-state index in [9.17, 15) is 9.59 Å². The van der Waals surface area contributed by atoms with Crippen molar-refractivity contribution in [1.29, 1.82) is 0 Å². The molecular formula is C27H24IN5O5S. The van der Waals surface area contributed by atoms with Crippen molar-refractivity contribution in [3.05, 3.63) is 92.0 Å². The van der Waals surface area contributed by atoms with Crippen molar-refractivity contribution in [2.75, 3.05) is 19.5 Å². The van der Waals surface area contributed by atoms with Crippen LogP contribution >= 0.6 is 33.9 Å². The highest BCUT2D eigenvalue weighted by Gasteiger charge is 2.14. The van der Waals surface area contributed by atoms with Gasteiger partial charge in [0.15, 0.2) is 11.5 Å². The van der Waals surface area contributed by atoms with E-state index in [4.69, 9.17) is 14.2 Å². The van der Waals surface area contributed by atoms with Crippen LogP contribution in [0.25, 0.3) is 0 Å². The molecule has 1 aromatic heterocycles. The summed E-state index contributed by atoms with van der Waals surface area (Å²) >= 11 is 3.28. The van der Waals surface area contributed by atoms with Gasteiger partial charge in [-0.2, -0.15) is 5.10 Å². The fourth-order valence-corrected chi connectivity index (χ4v) is 4.84. The van der Waals surface area contributed by atoms with Gasteiger partial charge in [0.1, 0.15) is 17.4 Å². The molecule has 12 heteroatoms.